The first-order chi connectivity index (χ1) is 5.70. The van der Waals surface area contributed by atoms with Crippen molar-refractivity contribution >= 4 is 0 Å². The minimum atomic E-state index is -1.15. The van der Waals surface area contributed by atoms with Gasteiger partial charge in [-0.1, -0.05) is 6.07 Å². The number of aromatic nitrogens is 1. The van der Waals surface area contributed by atoms with E-state index in [9.17, 15) is 4.39 Å². The van der Waals surface area contributed by atoms with Crippen LogP contribution in [0.5, 0.6) is 0 Å². The van der Waals surface area contributed by atoms with Crippen LogP contribution in [0.15, 0.2) is 18.3 Å². The van der Waals surface area contributed by atoms with E-state index in [0.29, 0.717) is 6.42 Å². The van der Waals surface area contributed by atoms with Crippen LogP contribution in [0.2, 0.25) is 0 Å². The third-order valence-electron chi connectivity index (χ3n) is 2.51. The molecule has 1 nitrogen and oxygen atoms in total. The number of rotatable bonds is 0. The second kappa shape index (κ2) is 2.54. The molecular formula is C10H12FN. The van der Waals surface area contributed by atoms with Crippen molar-refractivity contribution in [3.63, 3.8) is 0 Å². The molecule has 0 aromatic carbocycles. The molecule has 0 spiro atoms. The van der Waals surface area contributed by atoms with Gasteiger partial charge in [0.2, 0.25) is 0 Å². The minimum absolute atomic E-state index is 0.631. The zero-order chi connectivity index (χ0) is 8.60. The van der Waals surface area contributed by atoms with E-state index in [1.165, 1.54) is 0 Å². The van der Waals surface area contributed by atoms with Crippen molar-refractivity contribution in [2.75, 3.05) is 0 Å². The number of pyridine rings is 1. The zero-order valence-corrected chi connectivity index (χ0v) is 7.18. The molecule has 1 aliphatic rings. The number of fused-ring (bicyclic) bond motifs is 1. The monoisotopic (exact) mass is 165 g/mol. The molecule has 0 amide bonds. The average Bonchev–Trinajstić information content (AvgIpc) is 2.04. The van der Waals surface area contributed by atoms with Gasteiger partial charge in [-0.25, -0.2) is 4.39 Å². The van der Waals surface area contributed by atoms with Gasteiger partial charge in [0, 0.05) is 17.5 Å². The lowest BCUT2D eigenvalue weighted by molar-refractivity contribution is 0.160. The number of hydrogen-bond donors (Lipinski definition) is 0. The van der Waals surface area contributed by atoms with E-state index in [4.69, 9.17) is 0 Å². The molecule has 1 aromatic heterocycles. The molecule has 2 rings (SSSR count). The first kappa shape index (κ1) is 7.71. The number of alkyl halides is 1. The molecule has 0 saturated heterocycles. The van der Waals surface area contributed by atoms with E-state index in [2.05, 4.69) is 4.98 Å². The molecule has 12 heavy (non-hydrogen) atoms. The normalized spacial score (nSPS) is 28.2. The maximum Gasteiger partial charge on any atom is 0.135 e. The summed E-state index contributed by atoms with van der Waals surface area (Å²) >= 11 is 0. The highest BCUT2D eigenvalue weighted by atomic mass is 19.1. The predicted molar refractivity (Wildman–Crippen MR) is 45.6 cm³/mol. The summed E-state index contributed by atoms with van der Waals surface area (Å²) in [7, 11) is 0. The molecule has 0 aliphatic heterocycles. The molecule has 1 aromatic rings. The van der Waals surface area contributed by atoms with Crippen LogP contribution in [0, 0.1) is 0 Å². The molecule has 1 aliphatic carbocycles. The maximum atomic E-state index is 13.8. The minimum Gasteiger partial charge on any atom is -0.261 e. The van der Waals surface area contributed by atoms with Crippen LogP contribution >= 0.6 is 0 Å². The van der Waals surface area contributed by atoms with E-state index in [1.807, 2.05) is 12.1 Å². The van der Waals surface area contributed by atoms with Gasteiger partial charge < -0.3 is 0 Å². The zero-order valence-electron chi connectivity index (χ0n) is 7.18. The Labute approximate surface area is 71.6 Å². The fourth-order valence-electron chi connectivity index (χ4n) is 1.83. The van der Waals surface area contributed by atoms with Crippen LogP contribution in [-0.2, 0) is 12.1 Å². The summed E-state index contributed by atoms with van der Waals surface area (Å²) in [5.74, 6) is 0. The van der Waals surface area contributed by atoms with Gasteiger partial charge in [-0.2, -0.15) is 0 Å². The Morgan fingerprint density at radius 3 is 3.17 bits per heavy atom. The summed E-state index contributed by atoms with van der Waals surface area (Å²) in [6.45, 7) is 1.65. The van der Waals surface area contributed by atoms with Crippen molar-refractivity contribution in [1.82, 2.24) is 4.98 Å². The Hall–Kier alpha value is -0.920. The van der Waals surface area contributed by atoms with E-state index in [0.717, 1.165) is 24.1 Å². The Balaban J connectivity index is 2.52. The topological polar surface area (TPSA) is 12.9 Å². The molecule has 0 saturated carbocycles. The van der Waals surface area contributed by atoms with Crippen molar-refractivity contribution in [3.05, 3.63) is 29.6 Å². The average molecular weight is 165 g/mol. The van der Waals surface area contributed by atoms with Crippen LogP contribution in [0.25, 0.3) is 0 Å². The highest BCUT2D eigenvalue weighted by Gasteiger charge is 2.31. The lowest BCUT2D eigenvalue weighted by Crippen LogP contribution is -2.22. The number of nitrogens with zero attached hydrogens (tertiary/aromatic N) is 1. The van der Waals surface area contributed by atoms with Crippen LogP contribution < -0.4 is 0 Å². The molecule has 0 N–H and O–H groups in total. The SMILES string of the molecule is C[C@]1(F)CCCc2ncccc21. The Kier molecular flexibility index (Phi) is 1.63. The smallest absolute Gasteiger partial charge is 0.135 e. The third kappa shape index (κ3) is 1.11. The lowest BCUT2D eigenvalue weighted by Gasteiger charge is -2.27. The molecule has 0 radical (unpaired) electrons. The van der Waals surface area contributed by atoms with Gasteiger partial charge >= 0.3 is 0 Å². The van der Waals surface area contributed by atoms with Crippen molar-refractivity contribution in [1.29, 1.82) is 0 Å². The van der Waals surface area contributed by atoms with E-state index in [1.54, 1.807) is 13.1 Å². The maximum absolute atomic E-state index is 13.8. The van der Waals surface area contributed by atoms with Crippen LogP contribution in [0.4, 0.5) is 4.39 Å². The van der Waals surface area contributed by atoms with Crippen molar-refractivity contribution in [3.8, 4) is 0 Å². The summed E-state index contributed by atoms with van der Waals surface area (Å²) in [4.78, 5) is 4.17. The highest BCUT2D eigenvalue weighted by Crippen LogP contribution is 2.36. The molecule has 0 fully saturated rings. The largest absolute Gasteiger partial charge is 0.261 e. The standard InChI is InChI=1S/C10H12FN/c1-10(11)6-2-5-9-8(10)4-3-7-12-9/h3-4,7H,2,5-6H2,1H3/t10-/m0/s1. The number of aryl methyl sites for hydroxylation is 1. The summed E-state index contributed by atoms with van der Waals surface area (Å²) in [5.41, 5.74) is 0.576. The number of hydrogen-bond acceptors (Lipinski definition) is 1. The Morgan fingerprint density at radius 2 is 2.42 bits per heavy atom. The summed E-state index contributed by atoms with van der Waals surface area (Å²) in [6.07, 6.45) is 4.21. The van der Waals surface area contributed by atoms with Crippen LogP contribution in [-0.4, -0.2) is 4.98 Å². The van der Waals surface area contributed by atoms with Gasteiger partial charge in [0.15, 0.2) is 0 Å². The molecule has 0 bridgehead atoms. The van der Waals surface area contributed by atoms with E-state index in [-0.39, 0.29) is 0 Å². The molecule has 64 valence electrons. The molecule has 2 heteroatoms. The van der Waals surface area contributed by atoms with Crippen LogP contribution in [0.1, 0.15) is 31.0 Å². The first-order valence-electron chi connectivity index (χ1n) is 4.33. The van der Waals surface area contributed by atoms with Crippen molar-refractivity contribution in [2.45, 2.75) is 31.9 Å². The second-order valence-electron chi connectivity index (χ2n) is 3.55. The van der Waals surface area contributed by atoms with Gasteiger partial charge in [-0.05, 0) is 32.3 Å². The fourth-order valence-corrected chi connectivity index (χ4v) is 1.83. The Morgan fingerprint density at radius 1 is 1.58 bits per heavy atom. The Bertz CT molecular complexity index is 294. The van der Waals surface area contributed by atoms with Crippen molar-refractivity contribution in [2.24, 2.45) is 0 Å². The summed E-state index contributed by atoms with van der Waals surface area (Å²) in [5, 5.41) is 0. The van der Waals surface area contributed by atoms with Gasteiger partial charge in [-0.15, -0.1) is 0 Å². The van der Waals surface area contributed by atoms with E-state index >= 15 is 0 Å². The van der Waals surface area contributed by atoms with E-state index < -0.39 is 5.67 Å². The van der Waals surface area contributed by atoms with Gasteiger partial charge in [-0.3, -0.25) is 4.98 Å². The summed E-state index contributed by atoms with van der Waals surface area (Å²) in [6, 6.07) is 3.66. The number of halogens is 1. The van der Waals surface area contributed by atoms with Gasteiger partial charge in [0.05, 0.1) is 0 Å². The van der Waals surface area contributed by atoms with Gasteiger partial charge in [0.1, 0.15) is 5.67 Å². The van der Waals surface area contributed by atoms with Crippen molar-refractivity contribution < 1.29 is 4.39 Å². The molecular weight excluding hydrogens is 153 g/mol. The predicted octanol–water partition coefficient (Wildman–Crippen LogP) is 2.60. The highest BCUT2D eigenvalue weighted by molar-refractivity contribution is 5.28. The van der Waals surface area contributed by atoms with Crippen LogP contribution in [0.3, 0.4) is 0 Å². The lowest BCUT2D eigenvalue weighted by atomic mass is 9.84. The third-order valence-corrected chi connectivity index (χ3v) is 2.51. The quantitative estimate of drug-likeness (QED) is 0.575. The molecule has 0 unspecified atom stereocenters. The first-order valence-corrected chi connectivity index (χ1v) is 4.33. The second-order valence-corrected chi connectivity index (χ2v) is 3.55. The molecule has 1 heterocycles. The summed E-state index contributed by atoms with van der Waals surface area (Å²) < 4.78 is 13.8. The van der Waals surface area contributed by atoms with Gasteiger partial charge in [0.25, 0.3) is 0 Å². The molecule has 1 atom stereocenters. The fraction of sp³-hybridized carbons (Fsp3) is 0.500.